The molecule has 4 nitrogen and oxygen atoms in total. The Morgan fingerprint density at radius 3 is 2.21 bits per heavy atom. The van der Waals surface area contributed by atoms with Gasteiger partial charge in [0.25, 0.3) is 0 Å². The average Bonchev–Trinajstić information content (AvgIpc) is 2.64. The summed E-state index contributed by atoms with van der Waals surface area (Å²) in [5.41, 5.74) is 0.911. The van der Waals surface area contributed by atoms with Crippen molar-refractivity contribution in [3.05, 3.63) is 59.1 Å². The maximum absolute atomic E-state index is 13.2. The number of hydrogen-bond donors (Lipinski definition) is 0. The minimum Gasteiger partial charge on any atom is -0.456 e. The largest absolute Gasteiger partial charge is 0.456 e. The zero-order valence-corrected chi connectivity index (χ0v) is 18.9. The summed E-state index contributed by atoms with van der Waals surface area (Å²) >= 11 is 0. The molecule has 0 bridgehead atoms. The van der Waals surface area contributed by atoms with Gasteiger partial charge in [0.2, 0.25) is 9.84 Å². The highest BCUT2D eigenvalue weighted by Gasteiger charge is 2.24. The van der Waals surface area contributed by atoms with Gasteiger partial charge in [-0.25, -0.2) is 13.2 Å². The number of benzene rings is 2. The van der Waals surface area contributed by atoms with Crippen LogP contribution in [0.2, 0.25) is 0 Å². The lowest BCUT2D eigenvalue weighted by Crippen LogP contribution is -2.24. The number of hydrogen-bond acceptors (Lipinski definition) is 4. The molecule has 29 heavy (non-hydrogen) atoms. The van der Waals surface area contributed by atoms with Gasteiger partial charge in [-0.1, -0.05) is 49.9 Å². The molecule has 2 aromatic rings. The Hall–Kier alpha value is -2.14. The van der Waals surface area contributed by atoms with Gasteiger partial charge in [-0.05, 0) is 70.3 Å². The van der Waals surface area contributed by atoms with E-state index in [4.69, 9.17) is 6.11 Å². The van der Waals surface area contributed by atoms with Crippen LogP contribution in [-0.4, -0.2) is 20.0 Å². The molecule has 0 saturated carbocycles. The first-order valence-corrected chi connectivity index (χ1v) is 11.6. The number of carbonyl (C=O) groups excluding carboxylic acids is 1. The Balaban J connectivity index is 2.54. The number of carbonyl (C=O) groups is 1. The van der Waals surface area contributed by atoms with Gasteiger partial charge < -0.3 is 4.74 Å². The first-order chi connectivity index (χ1) is 14.0. The molecular formula is C24H32O4S. The minimum absolute atomic E-state index is 0.0506. The fraction of sp³-hybridized carbons (Fsp3) is 0.458. The van der Waals surface area contributed by atoms with Gasteiger partial charge in [-0.15, -0.1) is 0 Å². The van der Waals surface area contributed by atoms with E-state index in [2.05, 4.69) is 6.92 Å². The molecule has 0 fully saturated rings. The minimum atomic E-state index is -3.93. The van der Waals surface area contributed by atoms with Crippen LogP contribution in [0.1, 0.15) is 76.2 Å². The van der Waals surface area contributed by atoms with E-state index in [0.717, 1.165) is 31.2 Å². The Kier molecular flexibility index (Phi) is 7.12. The van der Waals surface area contributed by atoms with Gasteiger partial charge in [0.15, 0.2) is 0 Å². The first-order valence-electron chi connectivity index (χ1n) is 10.6. The van der Waals surface area contributed by atoms with Crippen molar-refractivity contribution >= 4 is 15.8 Å². The Morgan fingerprint density at radius 1 is 1.00 bits per heavy atom. The summed E-state index contributed by atoms with van der Waals surface area (Å²) in [5.74, 6) is -0.654. The fourth-order valence-corrected chi connectivity index (χ4v) is 4.20. The lowest BCUT2D eigenvalue weighted by atomic mass is 10.0. The molecule has 0 aliphatic rings. The molecule has 0 spiro atoms. The van der Waals surface area contributed by atoms with E-state index in [1.54, 1.807) is 39.0 Å². The lowest BCUT2D eigenvalue weighted by Gasteiger charge is -2.21. The monoisotopic (exact) mass is 417 g/mol. The molecule has 0 saturated heterocycles. The SMILES string of the molecule is [2H]c1c(S(=O)(=O)c2ccc(C)cc2)ccc(CCCCCC)c1C(=O)OC(C)(C)C. The van der Waals surface area contributed by atoms with Crippen molar-refractivity contribution < 1.29 is 19.3 Å². The van der Waals surface area contributed by atoms with E-state index >= 15 is 0 Å². The van der Waals surface area contributed by atoms with E-state index < -0.39 is 21.4 Å². The molecule has 0 heterocycles. The van der Waals surface area contributed by atoms with Crippen LogP contribution in [0.5, 0.6) is 0 Å². The summed E-state index contributed by atoms with van der Waals surface area (Å²) in [6, 6.07) is 9.29. The molecule has 0 atom stereocenters. The third-order valence-electron chi connectivity index (χ3n) is 4.53. The van der Waals surface area contributed by atoms with Crippen LogP contribution in [0.3, 0.4) is 0 Å². The molecule has 5 heteroatoms. The molecule has 0 unspecified atom stereocenters. The van der Waals surface area contributed by atoms with E-state index in [0.29, 0.717) is 12.0 Å². The molecule has 0 N–H and O–H groups in total. The van der Waals surface area contributed by atoms with E-state index in [-0.39, 0.29) is 21.4 Å². The standard InChI is InChI=1S/C24H32O4S/c1-6-7-8-9-10-19-13-16-21(17-22(19)23(25)28-24(3,4)5)29(26,27)20-14-11-18(2)12-15-20/h11-17H,6-10H2,1-5H3/i17D. The predicted octanol–water partition coefficient (Wildman–Crippen LogP) is 5.91. The molecule has 0 amide bonds. The number of unbranched alkanes of at least 4 members (excludes halogenated alkanes) is 3. The maximum atomic E-state index is 13.2. The normalized spacial score (nSPS) is 12.5. The van der Waals surface area contributed by atoms with Crippen molar-refractivity contribution in [3.63, 3.8) is 0 Å². The van der Waals surface area contributed by atoms with Crippen LogP contribution in [0, 0.1) is 6.92 Å². The molecular weight excluding hydrogens is 384 g/mol. The predicted molar refractivity (Wildman–Crippen MR) is 116 cm³/mol. The third kappa shape index (κ3) is 6.43. The Bertz CT molecular complexity index is 987. The van der Waals surface area contributed by atoms with Gasteiger partial charge in [0.1, 0.15) is 5.60 Å². The Morgan fingerprint density at radius 2 is 1.62 bits per heavy atom. The van der Waals surface area contributed by atoms with Crippen LogP contribution in [0.4, 0.5) is 0 Å². The summed E-state index contributed by atoms with van der Waals surface area (Å²) in [7, 11) is -3.93. The van der Waals surface area contributed by atoms with E-state index in [1.807, 2.05) is 6.92 Å². The van der Waals surface area contributed by atoms with Gasteiger partial charge >= 0.3 is 5.97 Å². The first kappa shape index (κ1) is 21.6. The van der Waals surface area contributed by atoms with Crippen molar-refractivity contribution in [2.75, 3.05) is 0 Å². The second kappa shape index (κ2) is 9.57. The highest BCUT2D eigenvalue weighted by molar-refractivity contribution is 7.91. The summed E-state index contributed by atoms with van der Waals surface area (Å²) < 4.78 is 40.4. The van der Waals surface area contributed by atoms with Crippen molar-refractivity contribution in [3.8, 4) is 0 Å². The summed E-state index contributed by atoms with van der Waals surface area (Å²) in [5, 5.41) is 0. The molecule has 0 aliphatic heterocycles. The summed E-state index contributed by atoms with van der Waals surface area (Å²) in [6.45, 7) is 9.26. The number of esters is 1. The van der Waals surface area contributed by atoms with Crippen molar-refractivity contribution in [2.45, 2.75) is 82.1 Å². The molecule has 2 aromatic carbocycles. The molecule has 0 radical (unpaired) electrons. The molecule has 2 rings (SSSR count). The maximum Gasteiger partial charge on any atom is 0.338 e. The van der Waals surface area contributed by atoms with Gasteiger partial charge in [0, 0.05) is 0 Å². The summed E-state index contributed by atoms with van der Waals surface area (Å²) in [6.07, 6.45) is 4.67. The topological polar surface area (TPSA) is 60.4 Å². The number of rotatable bonds is 8. The van der Waals surface area contributed by atoms with Crippen LogP contribution >= 0.6 is 0 Å². The quantitative estimate of drug-likeness (QED) is 0.396. The van der Waals surface area contributed by atoms with Gasteiger partial charge in [-0.2, -0.15) is 0 Å². The number of sulfone groups is 1. The van der Waals surface area contributed by atoms with Crippen molar-refractivity contribution in [1.29, 1.82) is 0 Å². The van der Waals surface area contributed by atoms with E-state index in [1.165, 1.54) is 18.2 Å². The highest BCUT2D eigenvalue weighted by atomic mass is 32.2. The molecule has 0 aliphatic carbocycles. The van der Waals surface area contributed by atoms with Crippen LogP contribution < -0.4 is 0 Å². The van der Waals surface area contributed by atoms with Crippen LogP contribution in [0.25, 0.3) is 0 Å². The second-order valence-electron chi connectivity index (χ2n) is 8.35. The van der Waals surface area contributed by atoms with E-state index in [9.17, 15) is 13.2 Å². The fourth-order valence-electron chi connectivity index (χ4n) is 2.97. The number of aryl methyl sites for hydroxylation is 2. The second-order valence-corrected chi connectivity index (χ2v) is 10.3. The van der Waals surface area contributed by atoms with Crippen LogP contribution in [-0.2, 0) is 21.0 Å². The van der Waals surface area contributed by atoms with Gasteiger partial charge in [-0.3, -0.25) is 0 Å². The summed E-state index contributed by atoms with van der Waals surface area (Å²) in [4.78, 5) is 12.8. The molecule has 0 aromatic heterocycles. The molecule has 158 valence electrons. The van der Waals surface area contributed by atoms with Crippen LogP contribution in [0.15, 0.2) is 52.2 Å². The number of ether oxygens (including phenoxy) is 1. The lowest BCUT2D eigenvalue weighted by molar-refractivity contribution is 0.00680. The van der Waals surface area contributed by atoms with Crippen molar-refractivity contribution in [2.24, 2.45) is 0 Å². The highest BCUT2D eigenvalue weighted by Crippen LogP contribution is 2.26. The zero-order chi connectivity index (χ0) is 22.5. The van der Waals surface area contributed by atoms with Crippen molar-refractivity contribution in [1.82, 2.24) is 0 Å². The smallest absolute Gasteiger partial charge is 0.338 e. The Labute approximate surface area is 176 Å². The average molecular weight is 418 g/mol. The third-order valence-corrected chi connectivity index (χ3v) is 6.24. The van der Waals surface area contributed by atoms with Gasteiger partial charge in [0.05, 0.1) is 16.7 Å². The zero-order valence-electron chi connectivity index (χ0n) is 19.0.